The third-order valence-corrected chi connectivity index (χ3v) is 8.62. The second kappa shape index (κ2) is 9.85. The van der Waals surface area contributed by atoms with Gasteiger partial charge in [-0.3, -0.25) is 0 Å². The monoisotopic (exact) mass is 529 g/mol. The van der Waals surface area contributed by atoms with Crippen LogP contribution in [0.3, 0.4) is 0 Å². The third-order valence-electron chi connectivity index (χ3n) is 8.62. The number of hydrogen-bond donors (Lipinski definition) is 0. The molecule has 0 saturated carbocycles. The number of benzene rings is 5. The van der Waals surface area contributed by atoms with Gasteiger partial charge in [0.05, 0.1) is 16.6 Å². The van der Waals surface area contributed by atoms with Crippen molar-refractivity contribution in [2.24, 2.45) is 5.92 Å². The quantitative estimate of drug-likeness (QED) is 0.216. The summed E-state index contributed by atoms with van der Waals surface area (Å²) in [6.07, 6.45) is 1.01. The molecular formula is C40H35N. The van der Waals surface area contributed by atoms with Crippen molar-refractivity contribution in [3.05, 3.63) is 160 Å². The van der Waals surface area contributed by atoms with Gasteiger partial charge in [0.25, 0.3) is 0 Å². The molecule has 1 heterocycles. The van der Waals surface area contributed by atoms with Crippen molar-refractivity contribution in [1.82, 2.24) is 4.98 Å². The molecule has 1 aromatic heterocycles. The van der Waals surface area contributed by atoms with Crippen molar-refractivity contribution >= 4 is 10.9 Å². The molecule has 41 heavy (non-hydrogen) atoms. The van der Waals surface area contributed by atoms with Crippen LogP contribution in [0.4, 0.5) is 0 Å². The summed E-state index contributed by atoms with van der Waals surface area (Å²) >= 11 is 0. The molecule has 7 rings (SSSR count). The van der Waals surface area contributed by atoms with Crippen LogP contribution in [0.1, 0.15) is 52.8 Å². The molecule has 6 aromatic rings. The molecule has 1 aliphatic carbocycles. The Hall–Kier alpha value is -4.49. The molecule has 0 fully saturated rings. The highest BCUT2D eigenvalue weighted by molar-refractivity contribution is 5.96. The van der Waals surface area contributed by atoms with E-state index < -0.39 is 5.41 Å². The van der Waals surface area contributed by atoms with E-state index in [0.717, 1.165) is 17.6 Å². The van der Waals surface area contributed by atoms with E-state index in [0.29, 0.717) is 5.92 Å². The van der Waals surface area contributed by atoms with Gasteiger partial charge in [0.1, 0.15) is 0 Å². The Balaban J connectivity index is 1.60. The Bertz CT molecular complexity index is 1840. The number of hydrogen-bond acceptors (Lipinski definition) is 1. The largest absolute Gasteiger partial charge is 0.248 e. The predicted octanol–water partition coefficient (Wildman–Crippen LogP) is 10.1. The number of pyridine rings is 1. The van der Waals surface area contributed by atoms with E-state index in [2.05, 4.69) is 149 Å². The summed E-state index contributed by atoms with van der Waals surface area (Å²) < 4.78 is 0. The average Bonchev–Trinajstić information content (AvgIpc) is 3.26. The Morgan fingerprint density at radius 3 is 1.85 bits per heavy atom. The van der Waals surface area contributed by atoms with Crippen LogP contribution in [0.15, 0.2) is 121 Å². The average molecular weight is 530 g/mol. The van der Waals surface area contributed by atoms with E-state index in [-0.39, 0.29) is 0 Å². The van der Waals surface area contributed by atoms with Crippen molar-refractivity contribution < 1.29 is 0 Å². The van der Waals surface area contributed by atoms with Crippen molar-refractivity contribution in [3.8, 4) is 22.4 Å². The molecule has 0 unspecified atom stereocenters. The fraction of sp³-hybridized carbons (Fsp3) is 0.175. The SMILES string of the molecule is Cc1cc(C)cc(-c2cc(CC(C)C)c3cc4c(cc3n2)C(c2ccccc2)(c2ccccc2)c2ccccc2-4)c1. The molecule has 0 bridgehead atoms. The lowest BCUT2D eigenvalue weighted by Crippen LogP contribution is -2.28. The van der Waals surface area contributed by atoms with Crippen LogP contribution in [0.25, 0.3) is 33.3 Å². The molecule has 1 aliphatic rings. The Morgan fingerprint density at radius 2 is 1.22 bits per heavy atom. The lowest BCUT2D eigenvalue weighted by atomic mass is 9.67. The Morgan fingerprint density at radius 1 is 0.610 bits per heavy atom. The minimum atomic E-state index is -0.418. The highest BCUT2D eigenvalue weighted by Crippen LogP contribution is 2.56. The molecule has 0 amide bonds. The van der Waals surface area contributed by atoms with Gasteiger partial charge >= 0.3 is 0 Å². The van der Waals surface area contributed by atoms with E-state index in [1.807, 2.05) is 0 Å². The highest BCUT2D eigenvalue weighted by Gasteiger charge is 2.46. The van der Waals surface area contributed by atoms with Crippen LogP contribution in [0, 0.1) is 19.8 Å². The number of aromatic nitrogens is 1. The minimum absolute atomic E-state index is 0.418. The topological polar surface area (TPSA) is 12.9 Å². The summed E-state index contributed by atoms with van der Waals surface area (Å²) in [6.45, 7) is 8.96. The molecular weight excluding hydrogens is 494 g/mol. The smallest absolute Gasteiger partial charge is 0.0716 e. The second-order valence-electron chi connectivity index (χ2n) is 12.1. The van der Waals surface area contributed by atoms with E-state index in [4.69, 9.17) is 4.98 Å². The van der Waals surface area contributed by atoms with Crippen LogP contribution < -0.4 is 0 Å². The first-order chi connectivity index (χ1) is 19.9. The maximum absolute atomic E-state index is 5.39. The van der Waals surface area contributed by atoms with E-state index in [1.54, 1.807) is 0 Å². The Kier molecular flexibility index (Phi) is 6.12. The first-order valence-electron chi connectivity index (χ1n) is 14.7. The van der Waals surface area contributed by atoms with Gasteiger partial charge in [-0.15, -0.1) is 0 Å². The maximum atomic E-state index is 5.39. The normalized spacial score (nSPS) is 13.4. The van der Waals surface area contributed by atoms with Gasteiger partial charge in [-0.2, -0.15) is 0 Å². The number of aryl methyl sites for hydroxylation is 2. The lowest BCUT2D eigenvalue weighted by molar-refractivity contribution is 0.650. The molecule has 0 saturated heterocycles. The van der Waals surface area contributed by atoms with E-state index in [1.165, 1.54) is 61.0 Å². The van der Waals surface area contributed by atoms with Gasteiger partial charge < -0.3 is 0 Å². The number of rotatable bonds is 5. The van der Waals surface area contributed by atoms with Gasteiger partial charge in [0.2, 0.25) is 0 Å². The molecule has 200 valence electrons. The van der Waals surface area contributed by atoms with Crippen LogP contribution in [0.5, 0.6) is 0 Å². The zero-order chi connectivity index (χ0) is 28.1. The highest BCUT2D eigenvalue weighted by atomic mass is 14.7. The molecule has 1 nitrogen and oxygen atoms in total. The summed E-state index contributed by atoms with van der Waals surface area (Å²) in [5, 5.41) is 1.26. The van der Waals surface area contributed by atoms with Gasteiger partial charge in [-0.1, -0.05) is 116 Å². The lowest BCUT2D eigenvalue weighted by Gasteiger charge is -2.34. The molecule has 1 heteroatoms. The van der Waals surface area contributed by atoms with Gasteiger partial charge in [0.15, 0.2) is 0 Å². The van der Waals surface area contributed by atoms with Gasteiger partial charge in [-0.05, 0) is 95.5 Å². The van der Waals surface area contributed by atoms with Crippen molar-refractivity contribution in [2.75, 3.05) is 0 Å². The fourth-order valence-electron chi connectivity index (χ4n) is 7.11. The molecule has 0 aliphatic heterocycles. The molecule has 0 spiro atoms. The molecule has 0 atom stereocenters. The fourth-order valence-corrected chi connectivity index (χ4v) is 7.11. The minimum Gasteiger partial charge on any atom is -0.248 e. The molecule has 5 aromatic carbocycles. The summed E-state index contributed by atoms with van der Waals surface area (Å²) in [5.74, 6) is 0.543. The van der Waals surface area contributed by atoms with Crippen molar-refractivity contribution in [1.29, 1.82) is 0 Å². The predicted molar refractivity (Wildman–Crippen MR) is 172 cm³/mol. The summed E-state index contributed by atoms with van der Waals surface area (Å²) in [5.41, 5.74) is 14.6. The van der Waals surface area contributed by atoms with E-state index in [9.17, 15) is 0 Å². The van der Waals surface area contributed by atoms with Crippen LogP contribution >= 0.6 is 0 Å². The Labute approximate surface area is 243 Å². The number of nitrogens with zero attached hydrogens (tertiary/aromatic N) is 1. The molecule has 0 radical (unpaired) electrons. The second-order valence-corrected chi connectivity index (χ2v) is 12.1. The van der Waals surface area contributed by atoms with Crippen molar-refractivity contribution in [2.45, 2.75) is 39.5 Å². The van der Waals surface area contributed by atoms with Crippen LogP contribution in [-0.2, 0) is 11.8 Å². The van der Waals surface area contributed by atoms with Gasteiger partial charge in [-0.25, -0.2) is 4.98 Å². The van der Waals surface area contributed by atoms with Crippen LogP contribution in [0.2, 0.25) is 0 Å². The zero-order valence-electron chi connectivity index (χ0n) is 24.3. The summed E-state index contributed by atoms with van der Waals surface area (Å²) in [6, 6.07) is 45.0. The van der Waals surface area contributed by atoms with E-state index >= 15 is 0 Å². The third kappa shape index (κ3) is 4.11. The maximum Gasteiger partial charge on any atom is 0.0716 e. The molecule has 0 N–H and O–H groups in total. The summed E-state index contributed by atoms with van der Waals surface area (Å²) in [4.78, 5) is 5.39. The van der Waals surface area contributed by atoms with Gasteiger partial charge in [0, 0.05) is 10.9 Å². The van der Waals surface area contributed by atoms with Crippen LogP contribution in [-0.4, -0.2) is 4.98 Å². The standard InChI is InChI=1S/C40H35N/c1-26(2)19-29-23-38(30-21-27(3)20-28(4)22-30)41-39-25-37-35(24-34(29)39)33-17-11-12-18-36(33)40(37,31-13-7-5-8-14-31)32-15-9-6-10-16-32/h5-18,20-26H,19H2,1-4H3. The van der Waals surface area contributed by atoms with Crippen molar-refractivity contribution in [3.63, 3.8) is 0 Å². The first-order valence-corrected chi connectivity index (χ1v) is 14.7. The number of fused-ring (bicyclic) bond motifs is 4. The zero-order valence-corrected chi connectivity index (χ0v) is 24.3. The summed E-state index contributed by atoms with van der Waals surface area (Å²) in [7, 11) is 0. The first kappa shape index (κ1) is 25.5.